The van der Waals surface area contributed by atoms with E-state index in [1.54, 1.807) is 13.8 Å². The van der Waals surface area contributed by atoms with Crippen molar-refractivity contribution in [1.82, 2.24) is 0 Å². The lowest BCUT2D eigenvalue weighted by Crippen LogP contribution is -2.18. The maximum Gasteiger partial charge on any atom is 0.152 e. The fourth-order valence-corrected chi connectivity index (χ4v) is 1.91. The van der Waals surface area contributed by atoms with Crippen molar-refractivity contribution in [3.8, 4) is 0 Å². The van der Waals surface area contributed by atoms with Gasteiger partial charge in [0.1, 0.15) is 0 Å². The Hall–Kier alpha value is -0.0500. The number of hydrogen-bond donors (Lipinski definition) is 0. The minimum Gasteiger partial charge on any atom is -0.229 e. The predicted molar refractivity (Wildman–Crippen MR) is 48.4 cm³/mol. The highest BCUT2D eigenvalue weighted by atomic mass is 32.2. The van der Waals surface area contributed by atoms with Crippen molar-refractivity contribution < 1.29 is 8.42 Å². The lowest BCUT2D eigenvalue weighted by Gasteiger charge is -2.08. The lowest BCUT2D eigenvalue weighted by molar-refractivity contribution is 0.566. The Morgan fingerprint density at radius 2 is 1.55 bits per heavy atom. The average molecular weight is 178 g/mol. The van der Waals surface area contributed by atoms with Crippen molar-refractivity contribution in [2.75, 3.05) is 5.75 Å². The van der Waals surface area contributed by atoms with Crippen LogP contribution in [0, 0.1) is 5.92 Å². The normalized spacial score (nSPS) is 12.9. The van der Waals surface area contributed by atoms with Crippen LogP contribution in [0.4, 0.5) is 0 Å². The van der Waals surface area contributed by atoms with Crippen molar-refractivity contribution in [3.63, 3.8) is 0 Å². The quantitative estimate of drug-likeness (QED) is 0.658. The van der Waals surface area contributed by atoms with E-state index < -0.39 is 9.84 Å². The van der Waals surface area contributed by atoms with E-state index in [0.717, 1.165) is 6.42 Å². The molecule has 0 amide bonds. The molecule has 0 aliphatic heterocycles. The molecule has 0 spiro atoms. The SMILES string of the molecule is CC(C)CCS(=O)(=O)C(C)C. The molecule has 68 valence electrons. The maximum atomic E-state index is 11.2. The Morgan fingerprint density at radius 1 is 1.09 bits per heavy atom. The molecule has 3 heteroatoms. The van der Waals surface area contributed by atoms with Crippen molar-refractivity contribution in [1.29, 1.82) is 0 Å². The van der Waals surface area contributed by atoms with Gasteiger partial charge in [-0.1, -0.05) is 13.8 Å². The van der Waals surface area contributed by atoms with Crippen LogP contribution in [0.2, 0.25) is 0 Å². The van der Waals surface area contributed by atoms with Crippen LogP contribution >= 0.6 is 0 Å². The Kier molecular flexibility index (Phi) is 4.08. The minimum atomic E-state index is -2.79. The second kappa shape index (κ2) is 4.10. The Labute approximate surface area is 69.9 Å². The van der Waals surface area contributed by atoms with Crippen molar-refractivity contribution in [3.05, 3.63) is 0 Å². The molecule has 0 aliphatic carbocycles. The summed E-state index contributed by atoms with van der Waals surface area (Å²) < 4.78 is 22.5. The molecule has 0 fully saturated rings. The fourth-order valence-electron chi connectivity index (χ4n) is 0.636. The average Bonchev–Trinajstić information content (AvgIpc) is 1.84. The summed E-state index contributed by atoms with van der Waals surface area (Å²) >= 11 is 0. The smallest absolute Gasteiger partial charge is 0.152 e. The zero-order chi connectivity index (χ0) is 9.07. The second-order valence-electron chi connectivity index (χ2n) is 3.60. The molecule has 0 saturated carbocycles. The first-order chi connectivity index (χ1) is 4.86. The van der Waals surface area contributed by atoms with Gasteiger partial charge in [-0.3, -0.25) is 0 Å². The van der Waals surface area contributed by atoms with Gasteiger partial charge >= 0.3 is 0 Å². The molecule has 0 aromatic heterocycles. The molecule has 0 aliphatic rings. The minimum absolute atomic E-state index is 0.221. The number of hydrogen-bond acceptors (Lipinski definition) is 2. The highest BCUT2D eigenvalue weighted by Gasteiger charge is 2.15. The molecule has 0 bridgehead atoms. The summed E-state index contributed by atoms with van der Waals surface area (Å²) in [5, 5.41) is -0.221. The molecular weight excluding hydrogens is 160 g/mol. The van der Waals surface area contributed by atoms with E-state index in [1.807, 2.05) is 13.8 Å². The molecule has 0 aromatic carbocycles. The van der Waals surface area contributed by atoms with Gasteiger partial charge in [0.15, 0.2) is 9.84 Å². The third-order valence-electron chi connectivity index (χ3n) is 1.70. The highest BCUT2D eigenvalue weighted by Crippen LogP contribution is 2.07. The largest absolute Gasteiger partial charge is 0.229 e. The first-order valence-electron chi connectivity index (χ1n) is 4.08. The monoisotopic (exact) mass is 178 g/mol. The summed E-state index contributed by atoms with van der Waals surface area (Å²) in [7, 11) is -2.79. The van der Waals surface area contributed by atoms with Gasteiger partial charge in [0.05, 0.1) is 11.0 Å². The molecule has 0 radical (unpaired) electrons. The van der Waals surface area contributed by atoms with E-state index >= 15 is 0 Å². The zero-order valence-electron chi connectivity index (χ0n) is 7.79. The summed E-state index contributed by atoms with van der Waals surface area (Å²) in [5.74, 6) is 0.811. The molecule has 0 atom stereocenters. The number of sulfone groups is 1. The van der Waals surface area contributed by atoms with Crippen LogP contribution in [-0.2, 0) is 9.84 Å². The van der Waals surface area contributed by atoms with Gasteiger partial charge < -0.3 is 0 Å². The van der Waals surface area contributed by atoms with E-state index in [9.17, 15) is 8.42 Å². The highest BCUT2D eigenvalue weighted by molar-refractivity contribution is 7.91. The van der Waals surface area contributed by atoms with Gasteiger partial charge in [0.2, 0.25) is 0 Å². The first kappa shape index (κ1) is 11.0. The summed E-state index contributed by atoms with van der Waals surface area (Å²) in [6, 6.07) is 0. The summed E-state index contributed by atoms with van der Waals surface area (Å²) in [4.78, 5) is 0. The van der Waals surface area contributed by atoms with Crippen LogP contribution in [0.3, 0.4) is 0 Å². The van der Waals surface area contributed by atoms with Crippen LogP contribution in [0.5, 0.6) is 0 Å². The maximum absolute atomic E-state index is 11.2. The fraction of sp³-hybridized carbons (Fsp3) is 1.00. The first-order valence-corrected chi connectivity index (χ1v) is 5.79. The predicted octanol–water partition coefficient (Wildman–Crippen LogP) is 1.86. The van der Waals surface area contributed by atoms with Crippen LogP contribution in [-0.4, -0.2) is 19.4 Å². The van der Waals surface area contributed by atoms with E-state index in [4.69, 9.17) is 0 Å². The summed E-state index contributed by atoms with van der Waals surface area (Å²) in [5.41, 5.74) is 0. The Morgan fingerprint density at radius 3 is 1.82 bits per heavy atom. The molecule has 0 aromatic rings. The zero-order valence-corrected chi connectivity index (χ0v) is 8.61. The van der Waals surface area contributed by atoms with E-state index in [0.29, 0.717) is 11.7 Å². The van der Waals surface area contributed by atoms with Crippen LogP contribution in [0.1, 0.15) is 34.1 Å². The van der Waals surface area contributed by atoms with Gasteiger partial charge in [-0.25, -0.2) is 8.42 Å². The van der Waals surface area contributed by atoms with Crippen LogP contribution in [0.25, 0.3) is 0 Å². The molecule has 0 heterocycles. The standard InChI is InChI=1S/C8H18O2S/c1-7(2)5-6-11(9,10)8(3)4/h7-8H,5-6H2,1-4H3. The van der Waals surface area contributed by atoms with Gasteiger partial charge in [-0.05, 0) is 26.2 Å². The molecule has 0 N–H and O–H groups in total. The summed E-state index contributed by atoms with van der Waals surface area (Å²) in [6.45, 7) is 7.54. The van der Waals surface area contributed by atoms with Crippen LogP contribution in [0.15, 0.2) is 0 Å². The number of rotatable bonds is 4. The van der Waals surface area contributed by atoms with Gasteiger partial charge in [-0.2, -0.15) is 0 Å². The van der Waals surface area contributed by atoms with Crippen molar-refractivity contribution in [2.24, 2.45) is 5.92 Å². The molecule has 0 rings (SSSR count). The van der Waals surface area contributed by atoms with Crippen molar-refractivity contribution >= 4 is 9.84 Å². The van der Waals surface area contributed by atoms with E-state index in [2.05, 4.69) is 0 Å². The van der Waals surface area contributed by atoms with Gasteiger partial charge in [0, 0.05) is 0 Å². The summed E-state index contributed by atoms with van der Waals surface area (Å²) in [6.07, 6.45) is 0.778. The molecular formula is C8H18O2S. The second-order valence-corrected chi connectivity index (χ2v) is 6.28. The van der Waals surface area contributed by atoms with Crippen molar-refractivity contribution in [2.45, 2.75) is 39.4 Å². The van der Waals surface area contributed by atoms with E-state index in [-0.39, 0.29) is 5.25 Å². The molecule has 11 heavy (non-hydrogen) atoms. The third-order valence-corrected chi connectivity index (χ3v) is 3.94. The topological polar surface area (TPSA) is 34.1 Å². The lowest BCUT2D eigenvalue weighted by atomic mass is 10.2. The molecule has 0 saturated heterocycles. The third kappa shape index (κ3) is 4.40. The Balaban J connectivity index is 3.95. The van der Waals surface area contributed by atoms with E-state index in [1.165, 1.54) is 0 Å². The Bertz CT molecular complexity index is 190. The van der Waals surface area contributed by atoms with Gasteiger partial charge in [-0.15, -0.1) is 0 Å². The molecule has 2 nitrogen and oxygen atoms in total. The van der Waals surface area contributed by atoms with Gasteiger partial charge in [0.25, 0.3) is 0 Å². The molecule has 0 unspecified atom stereocenters. The van der Waals surface area contributed by atoms with Crippen LogP contribution < -0.4 is 0 Å².